The van der Waals surface area contributed by atoms with Crippen molar-refractivity contribution in [1.29, 1.82) is 0 Å². The largest absolute Gasteiger partial charge is 0.481 e. The minimum absolute atomic E-state index is 0.0320. The molecule has 0 bridgehead atoms. The van der Waals surface area contributed by atoms with Crippen molar-refractivity contribution in [3.63, 3.8) is 0 Å². The van der Waals surface area contributed by atoms with Crippen molar-refractivity contribution in [2.24, 2.45) is 0 Å². The van der Waals surface area contributed by atoms with Crippen molar-refractivity contribution in [1.82, 2.24) is 10.2 Å². The minimum atomic E-state index is -0.825. The Balaban J connectivity index is 2.39. The summed E-state index contributed by atoms with van der Waals surface area (Å²) in [4.78, 5) is 34.9. The van der Waals surface area contributed by atoms with E-state index in [1.807, 2.05) is 6.08 Å². The Bertz CT molecular complexity index is 394. The number of unbranched alkanes of at least 4 members (excludes halogenated alkanes) is 1. The SMILES string of the molecule is O=C(O)CCC/C=C\CC1C(=O)NC(=O)N1CCCO. The zero-order chi connectivity index (χ0) is 15.0. The van der Waals surface area contributed by atoms with E-state index in [2.05, 4.69) is 5.32 Å². The number of hydrogen-bond acceptors (Lipinski definition) is 4. The number of aliphatic hydroxyl groups excluding tert-OH is 1. The number of aliphatic carboxylic acids is 1. The Morgan fingerprint density at radius 2 is 2.05 bits per heavy atom. The Labute approximate surface area is 117 Å². The highest BCUT2D eigenvalue weighted by atomic mass is 16.4. The fraction of sp³-hybridized carbons (Fsp3) is 0.615. The van der Waals surface area contributed by atoms with Crippen molar-refractivity contribution < 1.29 is 24.6 Å². The van der Waals surface area contributed by atoms with E-state index in [9.17, 15) is 14.4 Å². The van der Waals surface area contributed by atoms with Crippen LogP contribution in [-0.4, -0.2) is 52.2 Å². The molecule has 3 N–H and O–H groups in total. The number of imide groups is 1. The number of carbonyl (C=O) groups is 3. The van der Waals surface area contributed by atoms with Gasteiger partial charge in [0.15, 0.2) is 0 Å². The van der Waals surface area contributed by atoms with Gasteiger partial charge in [0.1, 0.15) is 6.04 Å². The summed E-state index contributed by atoms with van der Waals surface area (Å²) in [6.45, 7) is 0.307. The predicted molar refractivity (Wildman–Crippen MR) is 71.0 cm³/mol. The van der Waals surface area contributed by atoms with Crippen molar-refractivity contribution >= 4 is 17.9 Å². The average Bonchev–Trinajstić information content (AvgIpc) is 2.65. The van der Waals surface area contributed by atoms with Gasteiger partial charge in [0.25, 0.3) is 5.91 Å². The first kappa shape index (κ1) is 16.2. The van der Waals surface area contributed by atoms with Crippen molar-refractivity contribution in [3.05, 3.63) is 12.2 Å². The highest BCUT2D eigenvalue weighted by molar-refractivity contribution is 6.04. The molecule has 1 rings (SSSR count). The predicted octanol–water partition coefficient (Wildman–Crippen LogP) is 0.490. The van der Waals surface area contributed by atoms with Crippen LogP contribution >= 0.6 is 0 Å². The quantitative estimate of drug-likeness (QED) is 0.324. The first-order valence-corrected chi connectivity index (χ1v) is 6.65. The number of nitrogens with one attached hydrogen (secondary N) is 1. The summed E-state index contributed by atoms with van der Waals surface area (Å²) >= 11 is 0. The molecule has 0 spiro atoms. The van der Waals surface area contributed by atoms with Crippen molar-refractivity contribution in [3.8, 4) is 0 Å². The normalized spacial score (nSPS) is 18.9. The molecule has 112 valence electrons. The smallest absolute Gasteiger partial charge is 0.324 e. The van der Waals surface area contributed by atoms with Gasteiger partial charge in [0.05, 0.1) is 0 Å². The summed E-state index contributed by atoms with van der Waals surface area (Å²) in [5.74, 6) is -1.16. The van der Waals surface area contributed by atoms with Crippen LogP contribution in [0.15, 0.2) is 12.2 Å². The molecule has 20 heavy (non-hydrogen) atoms. The van der Waals surface area contributed by atoms with Gasteiger partial charge in [-0.1, -0.05) is 12.2 Å². The molecule has 1 aliphatic heterocycles. The fourth-order valence-corrected chi connectivity index (χ4v) is 1.99. The van der Waals surface area contributed by atoms with Gasteiger partial charge in [-0.3, -0.25) is 14.9 Å². The highest BCUT2D eigenvalue weighted by Crippen LogP contribution is 2.13. The topological polar surface area (TPSA) is 107 Å². The lowest BCUT2D eigenvalue weighted by molar-refractivity contribution is -0.137. The van der Waals surface area contributed by atoms with Crippen LogP contribution in [0.3, 0.4) is 0 Å². The summed E-state index contributed by atoms with van der Waals surface area (Å²) in [6, 6.07) is -0.961. The lowest BCUT2D eigenvalue weighted by Gasteiger charge is -2.19. The molecule has 0 saturated carbocycles. The summed E-state index contributed by atoms with van der Waals surface area (Å²) < 4.78 is 0. The van der Waals surface area contributed by atoms with Gasteiger partial charge in [-0.05, 0) is 25.7 Å². The second kappa shape index (κ2) is 8.31. The molecule has 7 nitrogen and oxygen atoms in total. The lowest BCUT2D eigenvalue weighted by Crippen LogP contribution is -2.35. The zero-order valence-electron chi connectivity index (χ0n) is 11.2. The molecule has 0 aromatic carbocycles. The lowest BCUT2D eigenvalue weighted by atomic mass is 10.1. The van der Waals surface area contributed by atoms with Crippen molar-refractivity contribution in [2.75, 3.05) is 13.2 Å². The minimum Gasteiger partial charge on any atom is -0.481 e. The number of carboxylic acid groups (broad SMARTS) is 1. The highest BCUT2D eigenvalue weighted by Gasteiger charge is 2.36. The van der Waals surface area contributed by atoms with Crippen LogP contribution in [0.25, 0.3) is 0 Å². The van der Waals surface area contributed by atoms with E-state index in [4.69, 9.17) is 10.2 Å². The molecule has 1 heterocycles. The molecule has 3 amide bonds. The van der Waals surface area contributed by atoms with Crippen molar-refractivity contribution in [2.45, 2.75) is 38.1 Å². The number of rotatable bonds is 9. The van der Waals surface area contributed by atoms with Gasteiger partial charge in [0, 0.05) is 19.6 Å². The number of carboxylic acids is 1. The summed E-state index contributed by atoms with van der Waals surface area (Å²) in [6.07, 6.45) is 5.74. The van der Waals surface area contributed by atoms with E-state index in [-0.39, 0.29) is 18.9 Å². The number of urea groups is 1. The van der Waals surface area contributed by atoms with Gasteiger partial charge in [-0.2, -0.15) is 0 Å². The maximum atomic E-state index is 11.6. The summed E-state index contributed by atoms with van der Waals surface area (Å²) in [5.41, 5.74) is 0. The van der Waals surface area contributed by atoms with Gasteiger partial charge in [0.2, 0.25) is 0 Å². The van der Waals surface area contributed by atoms with Crippen LogP contribution < -0.4 is 5.32 Å². The second-order valence-corrected chi connectivity index (χ2v) is 4.57. The molecular weight excluding hydrogens is 264 g/mol. The zero-order valence-corrected chi connectivity index (χ0v) is 11.2. The van der Waals surface area contributed by atoms with Gasteiger partial charge in [-0.15, -0.1) is 0 Å². The molecule has 1 atom stereocenters. The number of carbonyl (C=O) groups excluding carboxylic acids is 2. The third-order valence-corrected chi connectivity index (χ3v) is 3.01. The molecule has 1 aliphatic rings. The van der Waals surface area contributed by atoms with Gasteiger partial charge < -0.3 is 15.1 Å². The van der Waals surface area contributed by atoms with Gasteiger partial charge >= 0.3 is 12.0 Å². The molecule has 0 aromatic heterocycles. The summed E-state index contributed by atoms with van der Waals surface area (Å²) in [5, 5.41) is 19.5. The average molecular weight is 284 g/mol. The first-order valence-electron chi connectivity index (χ1n) is 6.65. The monoisotopic (exact) mass is 284 g/mol. The van der Waals surface area contributed by atoms with Crippen LogP contribution in [0.1, 0.15) is 32.1 Å². The number of aliphatic hydroxyl groups is 1. The number of nitrogens with zero attached hydrogens (tertiary/aromatic N) is 1. The maximum absolute atomic E-state index is 11.6. The standard InChI is InChI=1S/C13H20N2O5/c16-9-5-8-15-10(12(19)14-13(15)20)6-3-1-2-4-7-11(17)18/h1,3,10,16H,2,4-9H2,(H,17,18)(H,14,19,20)/b3-1-. The maximum Gasteiger partial charge on any atom is 0.324 e. The van der Waals surface area contributed by atoms with Gasteiger partial charge in [-0.25, -0.2) is 4.79 Å². The van der Waals surface area contributed by atoms with E-state index in [0.29, 0.717) is 32.2 Å². The number of hydrogen-bond donors (Lipinski definition) is 3. The van der Waals surface area contributed by atoms with Crippen LogP contribution in [0, 0.1) is 0 Å². The third-order valence-electron chi connectivity index (χ3n) is 3.01. The van der Waals surface area contributed by atoms with E-state index in [1.165, 1.54) is 4.90 Å². The first-order chi connectivity index (χ1) is 9.56. The molecule has 1 fully saturated rings. The van der Waals surface area contributed by atoms with Crippen LogP contribution in [0.4, 0.5) is 4.79 Å². The number of allylic oxidation sites excluding steroid dienone is 1. The molecule has 0 radical (unpaired) electrons. The van der Waals surface area contributed by atoms with Crippen LogP contribution in [0.2, 0.25) is 0 Å². The fourth-order valence-electron chi connectivity index (χ4n) is 1.99. The molecular formula is C13H20N2O5. The third kappa shape index (κ3) is 5.00. The second-order valence-electron chi connectivity index (χ2n) is 4.57. The Hall–Kier alpha value is -1.89. The molecule has 1 unspecified atom stereocenters. The number of amides is 3. The Morgan fingerprint density at radius 3 is 2.70 bits per heavy atom. The molecule has 1 saturated heterocycles. The van der Waals surface area contributed by atoms with E-state index in [1.54, 1.807) is 6.08 Å². The molecule has 0 aliphatic carbocycles. The van der Waals surface area contributed by atoms with E-state index >= 15 is 0 Å². The Morgan fingerprint density at radius 1 is 1.30 bits per heavy atom. The van der Waals surface area contributed by atoms with Crippen LogP contribution in [-0.2, 0) is 9.59 Å². The molecule has 7 heteroatoms. The Kier molecular flexibility index (Phi) is 6.72. The molecule has 0 aromatic rings. The summed E-state index contributed by atoms with van der Waals surface area (Å²) in [7, 11) is 0. The van der Waals surface area contributed by atoms with E-state index in [0.717, 1.165) is 0 Å². The van der Waals surface area contributed by atoms with Crippen LogP contribution in [0.5, 0.6) is 0 Å². The van der Waals surface area contributed by atoms with E-state index < -0.39 is 18.0 Å².